The van der Waals surface area contributed by atoms with Crippen LogP contribution in [-0.2, 0) is 41.6 Å². The van der Waals surface area contributed by atoms with Crippen LogP contribution in [0.25, 0.3) is 10.4 Å². The summed E-state index contributed by atoms with van der Waals surface area (Å²) >= 11 is 0. The van der Waals surface area contributed by atoms with Crippen molar-refractivity contribution < 1.29 is 49.2 Å². The van der Waals surface area contributed by atoms with E-state index < -0.39 is 84.5 Å². The molecule has 2 aromatic carbocycles. The summed E-state index contributed by atoms with van der Waals surface area (Å²) < 4.78 is 0. The summed E-state index contributed by atoms with van der Waals surface area (Å²) in [6, 6.07) is 5.08. The Balaban J connectivity index is 2.20. The maximum absolute atomic E-state index is 13.6. The standard InChI is InChI=1S/C34H47N9O10/c1-17(2)13-25(32(50)41-29(19(4)45)34(52)53)39-31(49)26(15-21-5-9-22(10-6-21)42-43-36)38-27(47)16-37-33(51)28(18(3)44)40-30(48)24(35)14-20-7-11-23(46)12-8-20/h5-12,17-19,24-26,28-29,44-46H,13-16,35H2,1-4H3,(H,37,51)(H,38,47)(H,39,49)(H,40,48)(H,41,50)(H,52,53)/t18-,19+,24-,25-,26-,28+,29-/m0/s1. The first-order valence-electron chi connectivity index (χ1n) is 16.7. The zero-order valence-corrected chi connectivity index (χ0v) is 29.7. The highest BCUT2D eigenvalue weighted by Gasteiger charge is 2.33. The Kier molecular flexibility index (Phi) is 17.2. The highest BCUT2D eigenvalue weighted by Crippen LogP contribution is 2.15. The van der Waals surface area contributed by atoms with E-state index in [1.807, 2.05) is 0 Å². The fourth-order valence-corrected chi connectivity index (χ4v) is 4.98. The molecule has 5 amide bonds. The Bertz CT molecular complexity index is 1630. The minimum absolute atomic E-state index is 0.0248. The van der Waals surface area contributed by atoms with Crippen LogP contribution < -0.4 is 32.3 Å². The summed E-state index contributed by atoms with van der Waals surface area (Å²) in [4.78, 5) is 79.9. The summed E-state index contributed by atoms with van der Waals surface area (Å²) in [6.45, 7) is 5.23. The largest absolute Gasteiger partial charge is 0.508 e. The first-order chi connectivity index (χ1) is 24.9. The van der Waals surface area contributed by atoms with Crippen molar-refractivity contribution in [3.63, 3.8) is 0 Å². The third-order valence-electron chi connectivity index (χ3n) is 7.79. The molecule has 0 saturated carbocycles. The molecule has 0 heterocycles. The van der Waals surface area contributed by atoms with Crippen molar-refractivity contribution in [3.8, 4) is 5.75 Å². The molecule has 7 atom stereocenters. The fraction of sp³-hybridized carbons (Fsp3) is 0.471. The highest BCUT2D eigenvalue weighted by atomic mass is 16.4. The second kappa shape index (κ2) is 20.9. The quantitative estimate of drug-likeness (QED) is 0.0464. The van der Waals surface area contributed by atoms with E-state index in [9.17, 15) is 49.2 Å². The summed E-state index contributed by atoms with van der Waals surface area (Å²) in [7, 11) is 0. The topological polar surface area (TPSA) is 318 Å². The number of nitrogens with zero attached hydrogens (tertiary/aromatic N) is 3. The molecule has 0 aliphatic heterocycles. The van der Waals surface area contributed by atoms with Crippen LogP contribution in [0.4, 0.5) is 5.69 Å². The zero-order valence-electron chi connectivity index (χ0n) is 29.7. The molecular weight excluding hydrogens is 694 g/mol. The van der Waals surface area contributed by atoms with Crippen molar-refractivity contribution >= 4 is 41.2 Å². The number of nitrogens with two attached hydrogens (primary N) is 1. The lowest BCUT2D eigenvalue weighted by Crippen LogP contribution is -2.59. The lowest BCUT2D eigenvalue weighted by Gasteiger charge is -2.26. The number of hydrogen-bond donors (Lipinski definition) is 10. The Morgan fingerprint density at radius 1 is 0.736 bits per heavy atom. The van der Waals surface area contributed by atoms with Gasteiger partial charge in [-0.25, -0.2) is 4.79 Å². The fourth-order valence-electron chi connectivity index (χ4n) is 4.98. The molecule has 2 aromatic rings. The van der Waals surface area contributed by atoms with Crippen molar-refractivity contribution in [3.05, 3.63) is 70.1 Å². The van der Waals surface area contributed by atoms with E-state index in [4.69, 9.17) is 11.3 Å². The number of carbonyl (C=O) groups is 6. The molecule has 0 bridgehead atoms. The predicted molar refractivity (Wildman–Crippen MR) is 190 cm³/mol. The minimum Gasteiger partial charge on any atom is -0.508 e. The number of benzene rings is 2. The number of aliphatic hydroxyl groups is 2. The molecule has 0 aliphatic rings. The third kappa shape index (κ3) is 14.8. The van der Waals surface area contributed by atoms with Crippen molar-refractivity contribution in [2.75, 3.05) is 6.54 Å². The third-order valence-corrected chi connectivity index (χ3v) is 7.79. The molecule has 53 heavy (non-hydrogen) atoms. The molecule has 288 valence electrons. The van der Waals surface area contributed by atoms with Gasteiger partial charge in [-0.1, -0.05) is 55.4 Å². The molecule has 19 nitrogen and oxygen atoms in total. The molecule has 2 rings (SSSR count). The number of phenols is 1. The first kappa shape index (κ1) is 43.4. The van der Waals surface area contributed by atoms with E-state index in [1.165, 1.54) is 38.1 Å². The summed E-state index contributed by atoms with van der Waals surface area (Å²) in [5.74, 6) is -5.93. The Morgan fingerprint density at radius 3 is 1.79 bits per heavy atom. The molecule has 0 aliphatic carbocycles. The average molecular weight is 742 g/mol. The number of carboxylic acid groups (broad SMARTS) is 1. The number of carbonyl (C=O) groups excluding carboxylic acids is 5. The van der Waals surface area contributed by atoms with E-state index in [0.717, 1.165) is 0 Å². The van der Waals surface area contributed by atoms with Gasteiger partial charge in [-0.2, -0.15) is 0 Å². The molecular formula is C34H47N9O10. The molecule has 19 heteroatoms. The van der Waals surface area contributed by atoms with E-state index in [2.05, 4.69) is 36.6 Å². The lowest BCUT2D eigenvalue weighted by molar-refractivity contribution is -0.145. The van der Waals surface area contributed by atoms with Crippen LogP contribution in [0, 0.1) is 5.92 Å². The Hall–Kier alpha value is -5.75. The van der Waals surface area contributed by atoms with Gasteiger partial charge in [0.25, 0.3) is 0 Å². The number of aliphatic carboxylic acids is 1. The molecule has 0 radical (unpaired) electrons. The second-order valence-electron chi connectivity index (χ2n) is 12.9. The van der Waals surface area contributed by atoms with Crippen LogP contribution in [-0.4, -0.2) is 105 Å². The smallest absolute Gasteiger partial charge is 0.328 e. The van der Waals surface area contributed by atoms with Crippen molar-refractivity contribution in [2.24, 2.45) is 16.8 Å². The van der Waals surface area contributed by atoms with E-state index in [1.54, 1.807) is 38.1 Å². The summed E-state index contributed by atoms with van der Waals surface area (Å²) in [5, 5.41) is 54.3. The number of aliphatic hydroxyl groups excluding tert-OH is 2. The summed E-state index contributed by atoms with van der Waals surface area (Å²) in [5.41, 5.74) is 16.1. The van der Waals surface area contributed by atoms with E-state index in [0.29, 0.717) is 11.1 Å². The number of azide groups is 1. The number of nitrogens with one attached hydrogen (secondary N) is 5. The minimum atomic E-state index is -1.66. The predicted octanol–water partition coefficient (Wildman–Crippen LogP) is -0.606. The molecule has 11 N–H and O–H groups in total. The molecule has 0 saturated heterocycles. The zero-order chi connectivity index (χ0) is 39.8. The number of rotatable bonds is 20. The maximum atomic E-state index is 13.6. The normalized spacial score (nSPS) is 14.9. The molecule has 0 unspecified atom stereocenters. The van der Waals surface area contributed by atoms with Crippen molar-refractivity contribution in [2.45, 2.75) is 89.4 Å². The van der Waals surface area contributed by atoms with Crippen LogP contribution in [0.15, 0.2) is 53.6 Å². The number of hydrogen-bond acceptors (Lipinski definition) is 11. The maximum Gasteiger partial charge on any atom is 0.328 e. The van der Waals surface area contributed by atoms with Gasteiger partial charge < -0.3 is 52.7 Å². The van der Waals surface area contributed by atoms with Gasteiger partial charge in [-0.05, 0) is 61.4 Å². The van der Waals surface area contributed by atoms with Gasteiger partial charge in [0.2, 0.25) is 29.5 Å². The van der Waals surface area contributed by atoms with Gasteiger partial charge >= 0.3 is 5.97 Å². The van der Waals surface area contributed by atoms with Crippen molar-refractivity contribution in [1.29, 1.82) is 0 Å². The lowest BCUT2D eigenvalue weighted by atomic mass is 10.0. The number of phenolic OH excluding ortho intramolecular Hbond substituents is 1. The van der Waals surface area contributed by atoms with Gasteiger partial charge in [0.1, 0.15) is 23.9 Å². The molecule has 0 aromatic heterocycles. The van der Waals surface area contributed by atoms with Gasteiger partial charge in [0, 0.05) is 17.0 Å². The SMILES string of the molecule is CC(C)C[C@H](NC(=O)[C@H](Cc1ccc(N=[N+]=[N-])cc1)NC(=O)CNC(=O)[C@H](NC(=O)[C@@H](N)Cc1ccc(O)cc1)[C@H](C)O)C(=O)N[C@H](C(=O)O)[C@@H](C)O. The Labute approximate surface area is 305 Å². The Morgan fingerprint density at radius 2 is 1.26 bits per heavy atom. The number of carboxylic acids is 1. The number of aromatic hydroxyl groups is 1. The van der Waals surface area contributed by atoms with Crippen LogP contribution in [0.5, 0.6) is 5.75 Å². The van der Waals surface area contributed by atoms with Crippen molar-refractivity contribution in [1.82, 2.24) is 26.6 Å². The van der Waals surface area contributed by atoms with Crippen LogP contribution in [0.3, 0.4) is 0 Å². The van der Waals surface area contributed by atoms with Gasteiger partial charge in [0.05, 0.1) is 24.8 Å². The van der Waals surface area contributed by atoms with E-state index in [-0.39, 0.29) is 36.6 Å². The summed E-state index contributed by atoms with van der Waals surface area (Å²) in [6.07, 6.45) is -2.89. The second-order valence-corrected chi connectivity index (χ2v) is 12.9. The monoisotopic (exact) mass is 741 g/mol. The van der Waals surface area contributed by atoms with Gasteiger partial charge in [-0.3, -0.25) is 24.0 Å². The average Bonchev–Trinajstić information content (AvgIpc) is 3.08. The van der Waals surface area contributed by atoms with Crippen LogP contribution in [0.2, 0.25) is 0 Å². The van der Waals surface area contributed by atoms with Crippen LogP contribution in [0.1, 0.15) is 45.2 Å². The van der Waals surface area contributed by atoms with Crippen LogP contribution >= 0.6 is 0 Å². The number of amides is 5. The van der Waals surface area contributed by atoms with Gasteiger partial charge in [-0.15, -0.1) is 0 Å². The first-order valence-corrected chi connectivity index (χ1v) is 16.7. The van der Waals surface area contributed by atoms with E-state index >= 15 is 0 Å². The molecule has 0 spiro atoms. The molecule has 0 fully saturated rings. The highest BCUT2D eigenvalue weighted by molar-refractivity contribution is 5.95. The van der Waals surface area contributed by atoms with Gasteiger partial charge in [0.15, 0.2) is 6.04 Å².